The third-order valence-corrected chi connectivity index (χ3v) is 5.00. The molecular formula is C19H17F2N7. The highest BCUT2D eigenvalue weighted by molar-refractivity contribution is 5.61. The minimum absolute atomic E-state index is 0.121. The zero-order valence-electron chi connectivity index (χ0n) is 15.1. The average molecular weight is 381 g/mol. The van der Waals surface area contributed by atoms with Crippen LogP contribution in [-0.2, 0) is 0 Å². The molecule has 142 valence electrons. The molecule has 1 saturated heterocycles. The first-order chi connectivity index (χ1) is 13.6. The molecule has 5 rings (SSSR count). The molecule has 1 unspecified atom stereocenters. The van der Waals surface area contributed by atoms with Crippen LogP contribution in [-0.4, -0.2) is 35.9 Å². The Morgan fingerprint density at radius 1 is 1.07 bits per heavy atom. The zero-order valence-corrected chi connectivity index (χ0v) is 15.1. The van der Waals surface area contributed by atoms with Crippen LogP contribution in [0.1, 0.15) is 30.1 Å². The summed E-state index contributed by atoms with van der Waals surface area (Å²) in [5.41, 5.74) is 2.54. The molecule has 1 atom stereocenters. The first-order valence-corrected chi connectivity index (χ1v) is 9.05. The van der Waals surface area contributed by atoms with Crippen LogP contribution in [0.5, 0.6) is 0 Å². The second kappa shape index (κ2) is 6.36. The van der Waals surface area contributed by atoms with Crippen molar-refractivity contribution in [3.63, 3.8) is 0 Å². The van der Waals surface area contributed by atoms with Gasteiger partial charge in [0.1, 0.15) is 23.0 Å². The number of rotatable bonds is 3. The fourth-order valence-corrected chi connectivity index (χ4v) is 3.71. The minimum atomic E-state index is -0.682. The van der Waals surface area contributed by atoms with E-state index in [2.05, 4.69) is 15.2 Å². The molecule has 28 heavy (non-hydrogen) atoms. The largest absolute Gasteiger partial charge is 0.348 e. The molecule has 0 spiro atoms. The molecule has 5 heterocycles. The normalized spacial score (nSPS) is 17.0. The maximum Gasteiger partial charge on any atom is 0.213 e. The van der Waals surface area contributed by atoms with Crippen LogP contribution in [0.25, 0.3) is 11.3 Å². The molecule has 7 nitrogen and oxygen atoms in total. The Balaban J connectivity index is 1.57. The molecule has 0 amide bonds. The van der Waals surface area contributed by atoms with Crippen molar-refractivity contribution in [2.75, 3.05) is 11.4 Å². The summed E-state index contributed by atoms with van der Waals surface area (Å²) in [6.07, 6.45) is 8.71. The van der Waals surface area contributed by atoms with Gasteiger partial charge >= 0.3 is 0 Å². The standard InChI is InChI=1S/C19H17F2N7/c1-12-9-22-28(11-12)15-10-23-27-8-6-17(25-19(15)27)26-7-2-3-14(26)18-13(20)4-5-16(21)24-18/h4-6,8-11,14H,2-3,7H2,1H3. The monoisotopic (exact) mass is 381 g/mol. The van der Waals surface area contributed by atoms with Gasteiger partial charge in [-0.1, -0.05) is 0 Å². The van der Waals surface area contributed by atoms with E-state index in [0.29, 0.717) is 24.4 Å². The van der Waals surface area contributed by atoms with Crippen LogP contribution in [0, 0.1) is 18.7 Å². The van der Waals surface area contributed by atoms with E-state index in [1.807, 2.05) is 30.3 Å². The lowest BCUT2D eigenvalue weighted by Gasteiger charge is -2.25. The summed E-state index contributed by atoms with van der Waals surface area (Å²) in [6.45, 7) is 2.65. The summed E-state index contributed by atoms with van der Waals surface area (Å²) in [5.74, 6) is -0.513. The molecule has 1 fully saturated rings. The van der Waals surface area contributed by atoms with Gasteiger partial charge in [0.15, 0.2) is 5.65 Å². The lowest BCUT2D eigenvalue weighted by atomic mass is 10.1. The van der Waals surface area contributed by atoms with E-state index >= 15 is 0 Å². The Morgan fingerprint density at radius 2 is 1.96 bits per heavy atom. The number of hydrogen-bond donors (Lipinski definition) is 0. The molecule has 4 aromatic rings. The molecule has 0 saturated carbocycles. The fraction of sp³-hybridized carbons (Fsp3) is 0.263. The molecule has 9 heteroatoms. The predicted molar refractivity (Wildman–Crippen MR) is 98.3 cm³/mol. The molecule has 0 bridgehead atoms. The highest BCUT2D eigenvalue weighted by atomic mass is 19.1. The van der Waals surface area contributed by atoms with Gasteiger partial charge in [-0.15, -0.1) is 0 Å². The third kappa shape index (κ3) is 2.70. The Hall–Kier alpha value is -3.36. The van der Waals surface area contributed by atoms with Crippen molar-refractivity contribution in [3.8, 4) is 5.69 Å². The maximum absolute atomic E-state index is 14.3. The second-order valence-corrected chi connectivity index (χ2v) is 6.90. The van der Waals surface area contributed by atoms with E-state index in [9.17, 15) is 8.78 Å². The topological polar surface area (TPSA) is 64.1 Å². The summed E-state index contributed by atoms with van der Waals surface area (Å²) in [7, 11) is 0. The van der Waals surface area contributed by atoms with Crippen molar-refractivity contribution >= 4 is 11.5 Å². The number of hydrogen-bond acceptors (Lipinski definition) is 5. The molecule has 1 aliphatic rings. The maximum atomic E-state index is 14.3. The Bertz CT molecular complexity index is 1170. The lowest BCUT2D eigenvalue weighted by molar-refractivity contribution is 0.518. The predicted octanol–water partition coefficient (Wildman–Crippen LogP) is 3.24. The van der Waals surface area contributed by atoms with E-state index in [4.69, 9.17) is 4.98 Å². The lowest BCUT2D eigenvalue weighted by Crippen LogP contribution is -2.25. The second-order valence-electron chi connectivity index (χ2n) is 6.90. The highest BCUT2D eigenvalue weighted by Crippen LogP contribution is 2.35. The molecular weight excluding hydrogens is 364 g/mol. The van der Waals surface area contributed by atoms with Crippen molar-refractivity contribution in [2.45, 2.75) is 25.8 Å². The average Bonchev–Trinajstić information content (AvgIpc) is 3.42. The van der Waals surface area contributed by atoms with Crippen LogP contribution >= 0.6 is 0 Å². The van der Waals surface area contributed by atoms with Crippen LogP contribution in [0.3, 0.4) is 0 Å². The van der Waals surface area contributed by atoms with Gasteiger partial charge in [-0.25, -0.2) is 23.6 Å². The molecule has 1 aliphatic heterocycles. The summed E-state index contributed by atoms with van der Waals surface area (Å²) < 4.78 is 31.3. The minimum Gasteiger partial charge on any atom is -0.348 e. The van der Waals surface area contributed by atoms with Gasteiger partial charge in [0.25, 0.3) is 0 Å². The number of aromatic nitrogens is 6. The van der Waals surface area contributed by atoms with Gasteiger partial charge in [-0.2, -0.15) is 14.6 Å². The third-order valence-electron chi connectivity index (χ3n) is 5.00. The first kappa shape index (κ1) is 16.8. The highest BCUT2D eigenvalue weighted by Gasteiger charge is 2.31. The van der Waals surface area contributed by atoms with Crippen LogP contribution in [0.15, 0.2) is 43.0 Å². The summed E-state index contributed by atoms with van der Waals surface area (Å²) in [4.78, 5) is 10.5. The van der Waals surface area contributed by atoms with E-state index in [1.54, 1.807) is 21.6 Å². The summed E-state index contributed by atoms with van der Waals surface area (Å²) >= 11 is 0. The SMILES string of the molecule is Cc1cnn(-c2cnn3ccc(N4CCCC4c4nc(F)ccc4F)nc23)c1. The van der Waals surface area contributed by atoms with E-state index in [1.165, 1.54) is 0 Å². The van der Waals surface area contributed by atoms with E-state index in [-0.39, 0.29) is 11.7 Å². The molecule has 0 N–H and O–H groups in total. The number of nitrogens with zero attached hydrogens (tertiary/aromatic N) is 7. The van der Waals surface area contributed by atoms with Gasteiger partial charge in [0.2, 0.25) is 5.95 Å². The zero-order chi connectivity index (χ0) is 19.3. The smallest absolute Gasteiger partial charge is 0.213 e. The molecule has 0 radical (unpaired) electrons. The van der Waals surface area contributed by atoms with Crippen LogP contribution < -0.4 is 4.90 Å². The van der Waals surface area contributed by atoms with Crippen molar-refractivity contribution in [3.05, 3.63) is 66.0 Å². The number of fused-ring (bicyclic) bond motifs is 1. The van der Waals surface area contributed by atoms with Crippen LogP contribution in [0.2, 0.25) is 0 Å². The summed E-state index contributed by atoms with van der Waals surface area (Å²) in [5, 5.41) is 8.66. The Kier molecular flexibility index (Phi) is 3.81. The van der Waals surface area contributed by atoms with Crippen molar-refractivity contribution in [1.29, 1.82) is 0 Å². The van der Waals surface area contributed by atoms with Gasteiger partial charge in [0, 0.05) is 18.9 Å². The van der Waals surface area contributed by atoms with Gasteiger partial charge < -0.3 is 4.90 Å². The Morgan fingerprint density at radius 3 is 2.79 bits per heavy atom. The molecule has 4 aromatic heterocycles. The number of aryl methyl sites for hydroxylation is 1. The number of halogens is 2. The van der Waals surface area contributed by atoms with E-state index < -0.39 is 11.8 Å². The van der Waals surface area contributed by atoms with Crippen molar-refractivity contribution < 1.29 is 8.78 Å². The summed E-state index contributed by atoms with van der Waals surface area (Å²) in [6, 6.07) is 3.63. The van der Waals surface area contributed by atoms with Gasteiger partial charge in [-0.05, 0) is 43.5 Å². The van der Waals surface area contributed by atoms with Gasteiger partial charge in [-0.3, -0.25) is 0 Å². The molecule has 0 aromatic carbocycles. The van der Waals surface area contributed by atoms with Crippen molar-refractivity contribution in [2.24, 2.45) is 0 Å². The van der Waals surface area contributed by atoms with E-state index in [0.717, 1.165) is 29.8 Å². The fourth-order valence-electron chi connectivity index (χ4n) is 3.71. The number of pyridine rings is 1. The molecule has 0 aliphatic carbocycles. The first-order valence-electron chi connectivity index (χ1n) is 9.05. The van der Waals surface area contributed by atoms with Gasteiger partial charge in [0.05, 0.1) is 18.4 Å². The Labute approximate surface area is 159 Å². The van der Waals surface area contributed by atoms with Crippen LogP contribution in [0.4, 0.5) is 14.6 Å². The number of anilines is 1. The van der Waals surface area contributed by atoms with Crippen molar-refractivity contribution in [1.82, 2.24) is 29.4 Å². The quantitative estimate of drug-likeness (QED) is 0.510.